The largest absolute Gasteiger partial charge is 0.481 e. The number of benzene rings is 2. The van der Waals surface area contributed by atoms with Gasteiger partial charge in [0.2, 0.25) is 18.1 Å². The van der Waals surface area contributed by atoms with Crippen LogP contribution in [0.1, 0.15) is 53.5 Å². The maximum Gasteiger partial charge on any atom is 0.409 e. The van der Waals surface area contributed by atoms with Crippen molar-refractivity contribution < 1.29 is 74.6 Å². The van der Waals surface area contributed by atoms with Gasteiger partial charge < -0.3 is 64.9 Å². The van der Waals surface area contributed by atoms with Crippen LogP contribution in [0.2, 0.25) is 0 Å². The number of hydrogen-bond donors (Lipinski definition) is 7. The van der Waals surface area contributed by atoms with Gasteiger partial charge in [0.15, 0.2) is 6.29 Å². The Morgan fingerprint density at radius 3 is 2.07 bits per heavy atom. The molecule has 0 saturated carbocycles. The normalized spacial score (nSPS) is 19.2. The SMILES string of the molecule is [2H]CCC(=O)OCc1ccc(OC2OC(O)C(O)C(O)C2C(=O)O)cc1NC(=O)C(C)C.[2H]OC(=O)N(C)CCN(C)C(=O)OCc1ccc(NC(=O)C(C)C)cc1. The minimum absolute atomic E-state index is 0.0253. The van der Waals surface area contributed by atoms with Gasteiger partial charge in [-0.05, 0) is 29.8 Å². The number of rotatable bonds is 15. The molecule has 5 unspecified atom stereocenters. The highest BCUT2D eigenvalue weighted by Gasteiger charge is 2.49. The summed E-state index contributed by atoms with van der Waals surface area (Å²) >= 11 is 0. The van der Waals surface area contributed by atoms with Gasteiger partial charge in [0.05, 0.1) is 5.69 Å². The summed E-state index contributed by atoms with van der Waals surface area (Å²) in [5.74, 6) is -4.65. The van der Waals surface area contributed by atoms with Gasteiger partial charge in [-0.1, -0.05) is 46.7 Å². The van der Waals surface area contributed by atoms with Gasteiger partial charge in [0.25, 0.3) is 1.43 Å². The molecule has 0 aromatic heterocycles. The molecule has 7 N–H and O–H groups in total. The van der Waals surface area contributed by atoms with Gasteiger partial charge in [-0.3, -0.25) is 19.2 Å². The van der Waals surface area contributed by atoms with Crippen LogP contribution in [0.15, 0.2) is 42.5 Å². The van der Waals surface area contributed by atoms with Crippen molar-refractivity contribution in [2.24, 2.45) is 17.8 Å². The number of carbonyl (C=O) groups excluding carboxylic acids is 4. The van der Waals surface area contributed by atoms with Crippen LogP contribution in [-0.4, -0.2) is 123 Å². The van der Waals surface area contributed by atoms with Crippen LogP contribution >= 0.6 is 0 Å². The number of hydrogen-bond acceptors (Lipinski definition) is 14. The molecule has 310 valence electrons. The van der Waals surface area contributed by atoms with E-state index in [2.05, 4.69) is 15.7 Å². The number of amides is 4. The summed E-state index contributed by atoms with van der Waals surface area (Å²) in [5.41, 5.74) is 2.10. The highest BCUT2D eigenvalue weighted by molar-refractivity contribution is 5.93. The Bertz CT molecular complexity index is 1700. The molecule has 19 nitrogen and oxygen atoms in total. The van der Waals surface area contributed by atoms with E-state index in [-0.39, 0.29) is 74.7 Å². The minimum atomic E-state index is -1.87. The highest BCUT2D eigenvalue weighted by Crippen LogP contribution is 2.31. The molecule has 0 spiro atoms. The molecule has 19 heteroatoms. The second-order valence-electron chi connectivity index (χ2n) is 13.2. The molecular formula is C37H52N4O15. The topological polar surface area (TPSA) is 271 Å². The van der Waals surface area contributed by atoms with E-state index in [1.54, 1.807) is 45.2 Å². The van der Waals surface area contributed by atoms with Crippen molar-refractivity contribution in [3.05, 3.63) is 53.6 Å². The molecule has 5 atom stereocenters. The number of aliphatic carboxylic acids is 1. The van der Waals surface area contributed by atoms with Crippen molar-refractivity contribution in [1.82, 2.24) is 9.80 Å². The Morgan fingerprint density at radius 2 is 1.48 bits per heavy atom. The fourth-order valence-electron chi connectivity index (χ4n) is 4.43. The van der Waals surface area contributed by atoms with Crippen LogP contribution in [-0.2, 0) is 46.6 Å². The molecule has 1 fully saturated rings. The summed E-state index contributed by atoms with van der Waals surface area (Å²) in [5, 5.41) is 48.0. The van der Waals surface area contributed by atoms with Crippen molar-refractivity contribution >= 4 is 47.3 Å². The predicted molar refractivity (Wildman–Crippen MR) is 198 cm³/mol. The zero-order valence-electron chi connectivity index (χ0n) is 34.0. The van der Waals surface area contributed by atoms with E-state index >= 15 is 0 Å². The summed E-state index contributed by atoms with van der Waals surface area (Å²) in [7, 11) is 3.02. The van der Waals surface area contributed by atoms with Crippen LogP contribution in [0.5, 0.6) is 5.75 Å². The molecule has 0 aliphatic carbocycles. The van der Waals surface area contributed by atoms with Gasteiger partial charge in [0, 0.05) is 64.1 Å². The van der Waals surface area contributed by atoms with Crippen molar-refractivity contribution in [3.63, 3.8) is 0 Å². The molecule has 1 heterocycles. The standard InChI is InChI=1S/C20H27NO10.C17H25N3O5/c1-4-13(22)29-8-10-5-6-11(7-12(10)21-17(25)9(2)3)30-20-14(18(26)27)15(23)16(24)19(28)31-20;1-12(2)15(21)18-14-7-5-13(6-8-14)11-25-17(24)20(4)10-9-19(3)16(22)23/h5-7,9,14-16,19-20,23-24,28H,4,8H2,1-3H3,(H,21,25)(H,26,27);5-8,12H,9-11H2,1-4H3,(H,18,21)(H,22,23)/i1D;/hD. The van der Waals surface area contributed by atoms with Gasteiger partial charge in [-0.15, -0.1) is 0 Å². The second-order valence-corrected chi connectivity index (χ2v) is 13.2. The number of aliphatic hydroxyl groups excluding tert-OH is 3. The maximum absolute atomic E-state index is 12.2. The zero-order chi connectivity index (χ0) is 43.7. The highest BCUT2D eigenvalue weighted by atomic mass is 16.7. The van der Waals surface area contributed by atoms with Crippen molar-refractivity contribution in [3.8, 4) is 5.75 Å². The summed E-state index contributed by atoms with van der Waals surface area (Å²) in [6.45, 7) is 7.20. The molecule has 2 aromatic rings. The van der Waals surface area contributed by atoms with E-state index in [1.165, 1.54) is 35.0 Å². The number of likely N-dealkylation sites (N-methyl/N-ethyl adjacent to an activating group) is 2. The molecule has 1 aliphatic heterocycles. The Morgan fingerprint density at radius 1 is 0.857 bits per heavy atom. The molecule has 0 radical (unpaired) electrons. The van der Waals surface area contributed by atoms with Crippen LogP contribution in [0, 0.1) is 17.8 Å². The summed E-state index contributed by atoms with van der Waals surface area (Å²) in [6.07, 6.45) is -8.61. The van der Waals surface area contributed by atoms with E-state index in [4.69, 9.17) is 21.7 Å². The van der Waals surface area contributed by atoms with Gasteiger partial charge in [-0.2, -0.15) is 0 Å². The van der Waals surface area contributed by atoms with Crippen molar-refractivity contribution in [1.29, 1.82) is 1.43 Å². The monoisotopic (exact) mass is 794 g/mol. The smallest absolute Gasteiger partial charge is 0.409 e. The third kappa shape index (κ3) is 14.6. The van der Waals surface area contributed by atoms with E-state index in [9.17, 15) is 49.2 Å². The molecule has 4 amide bonds. The Labute approximate surface area is 327 Å². The first-order chi connectivity index (χ1) is 27.3. The van der Waals surface area contributed by atoms with Crippen LogP contribution in [0.4, 0.5) is 21.0 Å². The summed E-state index contributed by atoms with van der Waals surface area (Å²) < 4.78 is 34.4. The Hall–Kier alpha value is -5.50. The van der Waals surface area contributed by atoms with Crippen LogP contribution in [0.3, 0.4) is 0 Å². The quantitative estimate of drug-likeness (QED) is 0.128. The molecule has 3 rings (SSSR count). The predicted octanol–water partition coefficient (Wildman–Crippen LogP) is 2.67. The fraction of sp³-hybridized carbons (Fsp3) is 0.514. The number of anilines is 2. The molecule has 1 aliphatic rings. The Balaban J connectivity index is 0.000000409. The number of carboxylic acids is 1. The number of nitrogens with zero attached hydrogens (tertiary/aromatic N) is 2. The second kappa shape index (κ2) is 22.2. The molecule has 0 bridgehead atoms. The van der Waals surface area contributed by atoms with Crippen molar-refractivity contribution in [2.45, 2.75) is 79.0 Å². The Kier molecular flexibility index (Phi) is 17.1. The van der Waals surface area contributed by atoms with E-state index in [0.717, 1.165) is 5.56 Å². The summed E-state index contributed by atoms with van der Waals surface area (Å²) in [6, 6.07) is 11.2. The lowest BCUT2D eigenvalue weighted by Gasteiger charge is -2.38. The minimum Gasteiger partial charge on any atom is -0.481 e. The maximum atomic E-state index is 12.2. The molecular weight excluding hydrogens is 740 g/mol. The number of aliphatic hydroxyl groups is 3. The van der Waals surface area contributed by atoms with Gasteiger partial charge in [-0.25, -0.2) is 9.59 Å². The average molecular weight is 795 g/mol. The van der Waals surface area contributed by atoms with Crippen LogP contribution < -0.4 is 15.4 Å². The van der Waals surface area contributed by atoms with Crippen molar-refractivity contribution in [2.75, 3.05) is 37.8 Å². The average Bonchev–Trinajstić information content (AvgIpc) is 3.17. The first kappa shape index (κ1) is 43.2. The van der Waals surface area contributed by atoms with Gasteiger partial charge >= 0.3 is 24.1 Å². The molecule has 2 aromatic carbocycles. The fourth-order valence-corrected chi connectivity index (χ4v) is 4.43. The van der Waals surface area contributed by atoms with E-state index in [0.29, 0.717) is 11.3 Å². The molecule has 56 heavy (non-hydrogen) atoms. The molecule has 1 saturated heterocycles. The zero-order valence-corrected chi connectivity index (χ0v) is 32.0. The number of esters is 1. The van der Waals surface area contributed by atoms with Crippen LogP contribution in [0.25, 0.3) is 1.43 Å². The number of nitrogens with one attached hydrogen (secondary N) is 2. The van der Waals surface area contributed by atoms with Gasteiger partial charge in [0.1, 0.15) is 37.1 Å². The number of carboxylic acid groups (broad SMARTS) is 2. The number of ether oxygens (including phenoxy) is 4. The lowest BCUT2D eigenvalue weighted by molar-refractivity contribution is -0.306. The lowest BCUT2D eigenvalue weighted by Crippen LogP contribution is -2.58. The number of carbonyl (C=O) groups is 6. The third-order valence-corrected chi connectivity index (χ3v) is 8.07. The lowest BCUT2D eigenvalue weighted by atomic mass is 9.94. The van der Waals surface area contributed by atoms with E-state index < -0.39 is 54.8 Å². The first-order valence-electron chi connectivity index (χ1n) is 18.5. The third-order valence-electron chi connectivity index (χ3n) is 8.07. The first-order valence-corrected chi connectivity index (χ1v) is 17.4. The summed E-state index contributed by atoms with van der Waals surface area (Å²) in [4.78, 5) is 72.5. The van der Waals surface area contributed by atoms with E-state index in [1.807, 2.05) is 13.8 Å².